The van der Waals surface area contributed by atoms with E-state index in [4.69, 9.17) is 22.2 Å². The Bertz CT molecular complexity index is 1340. The van der Waals surface area contributed by atoms with Gasteiger partial charge in [0.15, 0.2) is 5.11 Å². The summed E-state index contributed by atoms with van der Waals surface area (Å²) in [7, 11) is 1.35. The van der Waals surface area contributed by atoms with Crippen molar-refractivity contribution in [2.24, 2.45) is 5.92 Å². The van der Waals surface area contributed by atoms with Gasteiger partial charge in [-0.2, -0.15) is 5.26 Å². The van der Waals surface area contributed by atoms with Crippen molar-refractivity contribution in [3.05, 3.63) is 83.4 Å². The van der Waals surface area contributed by atoms with Crippen LogP contribution in [0.2, 0.25) is 0 Å². The first-order valence-corrected chi connectivity index (χ1v) is 11.9. The van der Waals surface area contributed by atoms with Gasteiger partial charge in [0.2, 0.25) is 0 Å². The molecule has 8 heteroatoms. The van der Waals surface area contributed by atoms with Crippen LogP contribution in [-0.4, -0.2) is 35.0 Å². The Morgan fingerprint density at radius 2 is 1.58 bits per heavy atom. The largest absolute Gasteiger partial charge is 0.467 e. The van der Waals surface area contributed by atoms with E-state index in [2.05, 4.69) is 16.7 Å². The maximum atomic E-state index is 13.0. The molecule has 1 heterocycles. The number of nitrogens with one attached hydrogen (secondary N) is 2. The van der Waals surface area contributed by atoms with E-state index in [9.17, 15) is 9.59 Å². The highest BCUT2D eigenvalue weighted by atomic mass is 32.1. The number of amides is 1. The number of carbonyl (C=O) groups excluding carboxylic acids is 2. The number of benzene rings is 3. The third-order valence-corrected chi connectivity index (χ3v) is 6.30. The molecule has 7 nitrogen and oxygen atoms in total. The molecule has 1 atom stereocenters. The Morgan fingerprint density at radius 1 is 1.00 bits per heavy atom. The van der Waals surface area contributed by atoms with Crippen LogP contribution in [0.25, 0.3) is 11.1 Å². The third kappa shape index (κ3) is 5.21. The SMILES string of the molecule is COC(=O)[C@H](C(C)C)N1Cc2cc(-c3ccc(NC(=S)Nc4ccc(C#N)cc4)cc3)ccc2C1=O. The van der Waals surface area contributed by atoms with Crippen LogP contribution in [0.5, 0.6) is 0 Å². The van der Waals surface area contributed by atoms with Crippen LogP contribution in [0.3, 0.4) is 0 Å². The first-order valence-electron chi connectivity index (χ1n) is 11.5. The zero-order chi connectivity index (χ0) is 25.8. The average Bonchev–Trinajstić information content (AvgIpc) is 3.19. The molecule has 182 valence electrons. The van der Waals surface area contributed by atoms with Crippen molar-refractivity contribution < 1.29 is 14.3 Å². The number of nitrogens with zero attached hydrogens (tertiary/aromatic N) is 2. The van der Waals surface area contributed by atoms with E-state index in [0.717, 1.165) is 28.1 Å². The van der Waals surface area contributed by atoms with Gasteiger partial charge in [0, 0.05) is 23.5 Å². The standard InChI is InChI=1S/C28H26N4O3S/c1-17(2)25(27(34)35-3)32-16-21-14-20(8-13-24(21)26(32)33)19-6-11-23(12-7-19)31-28(36)30-22-9-4-18(15-29)5-10-22/h4-14,17,25H,16H2,1-3H3,(H2,30,31,36)/t25-/m0/s1. The number of methoxy groups -OCH3 is 1. The number of carbonyl (C=O) groups is 2. The molecule has 0 spiro atoms. The van der Waals surface area contributed by atoms with Crippen LogP contribution in [-0.2, 0) is 16.1 Å². The molecule has 36 heavy (non-hydrogen) atoms. The van der Waals surface area contributed by atoms with Crippen molar-refractivity contribution >= 4 is 40.6 Å². The summed E-state index contributed by atoms with van der Waals surface area (Å²) < 4.78 is 4.94. The van der Waals surface area contributed by atoms with Gasteiger partial charge in [-0.3, -0.25) is 4.79 Å². The van der Waals surface area contributed by atoms with Gasteiger partial charge in [-0.05, 0) is 83.4 Å². The molecule has 2 N–H and O–H groups in total. The number of esters is 1. The summed E-state index contributed by atoms with van der Waals surface area (Å²) in [4.78, 5) is 26.9. The van der Waals surface area contributed by atoms with Gasteiger partial charge in [0.25, 0.3) is 5.91 Å². The van der Waals surface area contributed by atoms with E-state index in [-0.39, 0.29) is 11.8 Å². The van der Waals surface area contributed by atoms with Crippen LogP contribution in [0.1, 0.15) is 35.3 Å². The molecule has 0 aliphatic carbocycles. The van der Waals surface area contributed by atoms with Crippen LogP contribution in [0, 0.1) is 17.2 Å². The fourth-order valence-electron chi connectivity index (χ4n) is 4.30. The van der Waals surface area contributed by atoms with E-state index in [1.54, 1.807) is 29.2 Å². The van der Waals surface area contributed by atoms with Crippen LogP contribution in [0.15, 0.2) is 66.7 Å². The van der Waals surface area contributed by atoms with Crippen molar-refractivity contribution in [3.63, 3.8) is 0 Å². The predicted octanol–water partition coefficient (Wildman–Crippen LogP) is 5.19. The van der Waals surface area contributed by atoms with Crippen molar-refractivity contribution in [1.82, 2.24) is 4.90 Å². The minimum atomic E-state index is -0.620. The van der Waals surface area contributed by atoms with Gasteiger partial charge in [-0.15, -0.1) is 0 Å². The number of hydrogen-bond acceptors (Lipinski definition) is 5. The Balaban J connectivity index is 1.45. The van der Waals surface area contributed by atoms with E-state index in [1.165, 1.54) is 7.11 Å². The summed E-state index contributed by atoms with van der Waals surface area (Å²) in [5.41, 5.74) is 5.68. The second-order valence-electron chi connectivity index (χ2n) is 8.86. The van der Waals surface area contributed by atoms with Gasteiger partial charge >= 0.3 is 5.97 Å². The molecule has 0 saturated carbocycles. The molecule has 3 aromatic carbocycles. The summed E-state index contributed by atoms with van der Waals surface area (Å²) in [6.45, 7) is 4.18. The maximum Gasteiger partial charge on any atom is 0.328 e. The summed E-state index contributed by atoms with van der Waals surface area (Å²) >= 11 is 5.39. The number of ether oxygens (including phenoxy) is 1. The zero-order valence-corrected chi connectivity index (χ0v) is 21.1. The molecule has 0 bridgehead atoms. The topological polar surface area (TPSA) is 94.5 Å². The van der Waals surface area contributed by atoms with Gasteiger partial charge < -0.3 is 20.3 Å². The molecule has 0 aromatic heterocycles. The Labute approximate surface area is 215 Å². The molecule has 0 saturated heterocycles. The predicted molar refractivity (Wildman–Crippen MR) is 143 cm³/mol. The quantitative estimate of drug-likeness (QED) is 0.357. The Hall–Kier alpha value is -4.22. The minimum Gasteiger partial charge on any atom is -0.467 e. The van der Waals surface area contributed by atoms with E-state index < -0.39 is 12.0 Å². The summed E-state index contributed by atoms with van der Waals surface area (Å²) in [5.74, 6) is -0.614. The lowest BCUT2D eigenvalue weighted by molar-refractivity contribution is -0.147. The first-order chi connectivity index (χ1) is 17.3. The molecule has 0 fully saturated rings. The molecule has 3 aromatic rings. The first kappa shape index (κ1) is 24.9. The van der Waals surface area contributed by atoms with Gasteiger partial charge in [-0.1, -0.05) is 32.0 Å². The third-order valence-electron chi connectivity index (χ3n) is 6.10. The number of anilines is 2. The lowest BCUT2D eigenvalue weighted by Crippen LogP contribution is -2.45. The van der Waals surface area contributed by atoms with Gasteiger partial charge in [-0.25, -0.2) is 4.79 Å². The van der Waals surface area contributed by atoms with E-state index >= 15 is 0 Å². The maximum absolute atomic E-state index is 13.0. The minimum absolute atomic E-state index is 0.0623. The molecule has 4 rings (SSSR count). The van der Waals surface area contributed by atoms with E-state index in [1.807, 2.05) is 56.3 Å². The summed E-state index contributed by atoms with van der Waals surface area (Å²) in [5, 5.41) is 15.6. The molecule has 1 amide bonds. The number of fused-ring (bicyclic) bond motifs is 1. The molecule has 0 unspecified atom stereocenters. The van der Waals surface area contributed by atoms with Crippen molar-refractivity contribution in [2.45, 2.75) is 26.4 Å². The van der Waals surface area contributed by atoms with Gasteiger partial charge in [0.1, 0.15) is 6.04 Å². The number of nitriles is 1. The van der Waals surface area contributed by atoms with Gasteiger partial charge in [0.05, 0.1) is 18.7 Å². The molecule has 1 aliphatic rings. The fraction of sp³-hybridized carbons (Fsp3) is 0.214. The monoisotopic (exact) mass is 498 g/mol. The second-order valence-corrected chi connectivity index (χ2v) is 9.27. The van der Waals surface area contributed by atoms with E-state index in [0.29, 0.717) is 22.8 Å². The van der Waals surface area contributed by atoms with Crippen LogP contribution < -0.4 is 10.6 Å². The fourth-order valence-corrected chi connectivity index (χ4v) is 4.53. The van der Waals surface area contributed by atoms with Crippen LogP contribution >= 0.6 is 12.2 Å². The number of thiocarbonyl (C=S) groups is 1. The Kier molecular flexibility index (Phi) is 7.32. The summed E-state index contributed by atoms with van der Waals surface area (Å²) in [6.07, 6.45) is 0. The second kappa shape index (κ2) is 10.6. The lowest BCUT2D eigenvalue weighted by atomic mass is 10.0. The zero-order valence-electron chi connectivity index (χ0n) is 20.2. The van der Waals surface area contributed by atoms with Crippen molar-refractivity contribution in [2.75, 3.05) is 17.7 Å². The lowest BCUT2D eigenvalue weighted by Gasteiger charge is -2.28. The number of hydrogen-bond donors (Lipinski definition) is 2. The molecule has 1 aliphatic heterocycles. The summed E-state index contributed by atoms with van der Waals surface area (Å²) in [6, 6.07) is 22.1. The van der Waals surface area contributed by atoms with Crippen LogP contribution in [0.4, 0.5) is 11.4 Å². The highest BCUT2D eigenvalue weighted by Crippen LogP contribution is 2.32. The Morgan fingerprint density at radius 3 is 2.14 bits per heavy atom. The van der Waals surface area contributed by atoms with Crippen molar-refractivity contribution in [1.29, 1.82) is 5.26 Å². The molecule has 0 radical (unpaired) electrons. The smallest absolute Gasteiger partial charge is 0.328 e. The average molecular weight is 499 g/mol. The highest BCUT2D eigenvalue weighted by molar-refractivity contribution is 7.80. The molecular weight excluding hydrogens is 472 g/mol. The normalized spacial score (nSPS) is 13.1. The molecular formula is C28H26N4O3S. The number of rotatable bonds is 6. The highest BCUT2D eigenvalue weighted by Gasteiger charge is 2.38. The van der Waals surface area contributed by atoms with Crippen molar-refractivity contribution in [3.8, 4) is 17.2 Å².